The number of rotatable bonds is 3. The molecule has 1 unspecified atom stereocenters. The molecule has 1 aliphatic rings. The van der Waals surface area contributed by atoms with Crippen LogP contribution in [0.5, 0.6) is 0 Å². The molecule has 0 radical (unpaired) electrons. The van der Waals surface area contributed by atoms with Crippen LogP contribution in [0.3, 0.4) is 0 Å². The Morgan fingerprint density at radius 3 is 3.00 bits per heavy atom. The quantitative estimate of drug-likeness (QED) is 0.875. The van der Waals surface area contributed by atoms with Gasteiger partial charge in [-0.05, 0) is 24.6 Å². The number of morpholine rings is 1. The highest BCUT2D eigenvalue weighted by Crippen LogP contribution is 2.29. The average molecular weight is 271 g/mol. The summed E-state index contributed by atoms with van der Waals surface area (Å²) in [4.78, 5) is 2.14. The van der Waals surface area contributed by atoms with Crippen LogP contribution in [0.4, 0.5) is 5.69 Å². The molecule has 4 nitrogen and oxygen atoms in total. The van der Waals surface area contributed by atoms with Crippen molar-refractivity contribution in [2.24, 2.45) is 5.73 Å². The molecule has 0 saturated carbocycles. The van der Waals surface area contributed by atoms with E-state index in [9.17, 15) is 0 Å². The average Bonchev–Trinajstić information content (AvgIpc) is 2.38. The van der Waals surface area contributed by atoms with E-state index in [1.165, 1.54) is 0 Å². The Hall–Kier alpha value is -0.810. The number of halogens is 1. The Kier molecular flexibility index (Phi) is 4.45. The predicted octanol–water partition coefficient (Wildman–Crippen LogP) is 1.56. The minimum absolute atomic E-state index is 0.0218. The van der Waals surface area contributed by atoms with Crippen molar-refractivity contribution in [3.63, 3.8) is 0 Å². The fourth-order valence-electron chi connectivity index (χ4n) is 2.11. The third kappa shape index (κ3) is 2.95. The van der Waals surface area contributed by atoms with E-state index in [1.807, 2.05) is 25.1 Å². The Morgan fingerprint density at radius 2 is 2.39 bits per heavy atom. The van der Waals surface area contributed by atoms with Crippen molar-refractivity contribution in [3.8, 4) is 0 Å². The summed E-state index contributed by atoms with van der Waals surface area (Å²) in [5.41, 5.74) is 7.83. The number of ether oxygens (including phenoxy) is 1. The maximum absolute atomic E-state index is 9.14. The Bertz CT molecular complexity index is 412. The summed E-state index contributed by atoms with van der Waals surface area (Å²) in [5.74, 6) is 0. The van der Waals surface area contributed by atoms with Gasteiger partial charge in [0.15, 0.2) is 0 Å². The number of benzene rings is 1. The van der Waals surface area contributed by atoms with Crippen molar-refractivity contribution in [2.75, 3.05) is 31.2 Å². The summed E-state index contributed by atoms with van der Waals surface area (Å²) in [6.07, 6.45) is -0.136. The van der Waals surface area contributed by atoms with Crippen LogP contribution in [0.15, 0.2) is 18.2 Å². The van der Waals surface area contributed by atoms with E-state index in [4.69, 9.17) is 27.2 Å². The first kappa shape index (κ1) is 13.6. The lowest BCUT2D eigenvalue weighted by atomic mass is 10.1. The Labute approximate surface area is 112 Å². The highest BCUT2D eigenvalue weighted by Gasteiger charge is 2.21. The van der Waals surface area contributed by atoms with Gasteiger partial charge in [-0.3, -0.25) is 0 Å². The third-order valence-electron chi connectivity index (χ3n) is 3.18. The van der Waals surface area contributed by atoms with Crippen molar-refractivity contribution >= 4 is 17.3 Å². The maximum Gasteiger partial charge on any atom is 0.0980 e. The molecule has 1 saturated heterocycles. The van der Waals surface area contributed by atoms with Crippen LogP contribution in [0, 0.1) is 0 Å². The molecule has 0 spiro atoms. The van der Waals surface area contributed by atoms with Gasteiger partial charge in [0.25, 0.3) is 0 Å². The molecule has 18 heavy (non-hydrogen) atoms. The predicted molar refractivity (Wildman–Crippen MR) is 73.1 cm³/mol. The molecule has 5 heteroatoms. The SMILES string of the molecule is C[C@@H](N)c1ccc(N2CCOC(CO)C2)c(Cl)c1. The number of nitrogens with zero attached hydrogens (tertiary/aromatic N) is 1. The second kappa shape index (κ2) is 5.89. The topological polar surface area (TPSA) is 58.7 Å². The summed E-state index contributed by atoms with van der Waals surface area (Å²) >= 11 is 6.30. The molecule has 1 heterocycles. The van der Waals surface area contributed by atoms with Gasteiger partial charge in [0.1, 0.15) is 0 Å². The summed E-state index contributed by atoms with van der Waals surface area (Å²) in [6.45, 7) is 4.02. The second-order valence-corrected chi connectivity index (χ2v) is 5.03. The normalized spacial score (nSPS) is 22.0. The number of nitrogens with two attached hydrogens (primary N) is 1. The number of hydrogen-bond acceptors (Lipinski definition) is 4. The molecule has 3 N–H and O–H groups in total. The van der Waals surface area contributed by atoms with Crippen LogP contribution in [0.25, 0.3) is 0 Å². The second-order valence-electron chi connectivity index (χ2n) is 4.62. The van der Waals surface area contributed by atoms with Crippen LogP contribution < -0.4 is 10.6 Å². The van der Waals surface area contributed by atoms with Crippen LogP contribution in [-0.4, -0.2) is 37.5 Å². The minimum atomic E-state index is -0.136. The zero-order chi connectivity index (χ0) is 13.1. The fourth-order valence-corrected chi connectivity index (χ4v) is 2.42. The molecule has 2 rings (SSSR count). The molecule has 1 fully saturated rings. The standard InChI is InChI=1S/C13H19ClN2O2/c1-9(15)10-2-3-13(12(14)6-10)16-4-5-18-11(7-16)8-17/h2-3,6,9,11,17H,4-5,7-8,15H2,1H3/t9-,11?/m1/s1. The van der Waals surface area contributed by atoms with E-state index >= 15 is 0 Å². The summed E-state index contributed by atoms with van der Waals surface area (Å²) < 4.78 is 5.43. The number of aliphatic hydroxyl groups excluding tert-OH is 1. The molecule has 1 aliphatic heterocycles. The van der Waals surface area contributed by atoms with E-state index in [0.717, 1.165) is 17.8 Å². The van der Waals surface area contributed by atoms with Crippen molar-refractivity contribution in [3.05, 3.63) is 28.8 Å². The van der Waals surface area contributed by atoms with Gasteiger partial charge in [-0.1, -0.05) is 17.7 Å². The number of aliphatic hydroxyl groups is 1. The molecule has 2 atom stereocenters. The Balaban J connectivity index is 2.17. The van der Waals surface area contributed by atoms with Gasteiger partial charge in [0.2, 0.25) is 0 Å². The lowest BCUT2D eigenvalue weighted by Gasteiger charge is -2.34. The first-order valence-corrected chi connectivity index (χ1v) is 6.52. The molecular weight excluding hydrogens is 252 g/mol. The largest absolute Gasteiger partial charge is 0.394 e. The van der Waals surface area contributed by atoms with Crippen molar-refractivity contribution < 1.29 is 9.84 Å². The zero-order valence-electron chi connectivity index (χ0n) is 10.5. The molecule has 0 aliphatic carbocycles. The van der Waals surface area contributed by atoms with E-state index in [1.54, 1.807) is 0 Å². The lowest BCUT2D eigenvalue weighted by Crippen LogP contribution is -2.44. The van der Waals surface area contributed by atoms with Gasteiger partial charge in [0, 0.05) is 19.1 Å². The highest BCUT2D eigenvalue weighted by atomic mass is 35.5. The van der Waals surface area contributed by atoms with Gasteiger partial charge < -0.3 is 20.5 Å². The summed E-state index contributed by atoms with van der Waals surface area (Å²) in [7, 11) is 0. The van der Waals surface area contributed by atoms with E-state index < -0.39 is 0 Å². The molecule has 0 bridgehead atoms. The first-order valence-electron chi connectivity index (χ1n) is 6.14. The smallest absolute Gasteiger partial charge is 0.0980 e. The first-order chi connectivity index (χ1) is 8.61. The molecule has 1 aromatic carbocycles. The van der Waals surface area contributed by atoms with Crippen molar-refractivity contribution in [1.82, 2.24) is 0 Å². The van der Waals surface area contributed by atoms with Crippen LogP contribution in [0.1, 0.15) is 18.5 Å². The number of anilines is 1. The Morgan fingerprint density at radius 1 is 1.61 bits per heavy atom. The molecule has 1 aromatic rings. The van der Waals surface area contributed by atoms with Gasteiger partial charge in [0.05, 0.1) is 30.0 Å². The van der Waals surface area contributed by atoms with Crippen LogP contribution in [0.2, 0.25) is 5.02 Å². The monoisotopic (exact) mass is 270 g/mol. The van der Waals surface area contributed by atoms with Gasteiger partial charge in [-0.2, -0.15) is 0 Å². The van der Waals surface area contributed by atoms with E-state index in [0.29, 0.717) is 18.2 Å². The molecule has 0 aromatic heterocycles. The third-order valence-corrected chi connectivity index (χ3v) is 3.48. The zero-order valence-corrected chi connectivity index (χ0v) is 11.2. The van der Waals surface area contributed by atoms with Gasteiger partial charge in [-0.25, -0.2) is 0 Å². The van der Waals surface area contributed by atoms with Gasteiger partial charge in [-0.15, -0.1) is 0 Å². The van der Waals surface area contributed by atoms with Gasteiger partial charge >= 0.3 is 0 Å². The highest BCUT2D eigenvalue weighted by molar-refractivity contribution is 6.33. The van der Waals surface area contributed by atoms with Crippen molar-refractivity contribution in [2.45, 2.75) is 19.1 Å². The molecule has 100 valence electrons. The number of hydrogen-bond donors (Lipinski definition) is 2. The minimum Gasteiger partial charge on any atom is -0.394 e. The lowest BCUT2D eigenvalue weighted by molar-refractivity contribution is 0.00357. The van der Waals surface area contributed by atoms with Crippen molar-refractivity contribution in [1.29, 1.82) is 0 Å². The fraction of sp³-hybridized carbons (Fsp3) is 0.538. The molecule has 0 amide bonds. The van der Waals surface area contributed by atoms with E-state index in [-0.39, 0.29) is 18.8 Å². The van der Waals surface area contributed by atoms with Crippen LogP contribution in [-0.2, 0) is 4.74 Å². The maximum atomic E-state index is 9.14. The van der Waals surface area contributed by atoms with Crippen LogP contribution >= 0.6 is 11.6 Å². The summed E-state index contributed by atoms with van der Waals surface area (Å²) in [6, 6.07) is 5.87. The molecular formula is C13H19ClN2O2. The summed E-state index contributed by atoms with van der Waals surface area (Å²) in [5, 5.41) is 9.84. The van der Waals surface area contributed by atoms with E-state index in [2.05, 4.69) is 4.90 Å².